The van der Waals surface area contributed by atoms with Crippen LogP contribution in [-0.4, -0.2) is 9.13 Å². The van der Waals surface area contributed by atoms with Crippen LogP contribution in [0.2, 0.25) is 0 Å². The van der Waals surface area contributed by atoms with E-state index in [9.17, 15) is 9.59 Å². The van der Waals surface area contributed by atoms with Crippen molar-refractivity contribution in [3.05, 3.63) is 127 Å². The largest absolute Gasteiger partial charge is 0.284 e. The van der Waals surface area contributed by atoms with Gasteiger partial charge in [-0.2, -0.15) is 0 Å². The van der Waals surface area contributed by atoms with E-state index in [-0.39, 0.29) is 11.1 Å². The van der Waals surface area contributed by atoms with E-state index in [1.807, 2.05) is 76.5 Å². The third-order valence-corrected chi connectivity index (χ3v) is 5.57. The van der Waals surface area contributed by atoms with Gasteiger partial charge in [-0.15, -0.1) is 0 Å². The van der Waals surface area contributed by atoms with Gasteiger partial charge in [0, 0.05) is 24.5 Å². The van der Waals surface area contributed by atoms with E-state index in [0.717, 1.165) is 33.6 Å². The van der Waals surface area contributed by atoms with E-state index in [1.165, 1.54) is 11.1 Å². The quantitative estimate of drug-likeness (QED) is 0.423. The van der Waals surface area contributed by atoms with Crippen molar-refractivity contribution in [2.75, 3.05) is 0 Å². The molecule has 2 heterocycles. The van der Waals surface area contributed by atoms with Crippen LogP contribution in [-0.2, 0) is 0 Å². The second-order valence-electron chi connectivity index (χ2n) is 8.34. The Morgan fingerprint density at radius 2 is 1.06 bits per heavy atom. The van der Waals surface area contributed by atoms with Crippen molar-refractivity contribution in [3.8, 4) is 11.4 Å². The fraction of sp³-hybridized carbons (Fsp3) is 0.214. The minimum absolute atomic E-state index is 0.0116. The minimum Gasteiger partial charge on any atom is -0.284 e. The lowest BCUT2D eigenvalue weighted by molar-refractivity contribution is 0.961. The van der Waals surface area contributed by atoms with E-state index >= 15 is 0 Å². The molecule has 0 radical (unpaired) electrons. The van der Waals surface area contributed by atoms with Crippen LogP contribution in [0, 0.1) is 41.5 Å². The highest BCUT2D eigenvalue weighted by Gasteiger charge is 2.05. The molecule has 0 amide bonds. The number of rotatable bonds is 2. The predicted octanol–water partition coefficient (Wildman–Crippen LogP) is 5.53. The molecule has 4 nitrogen and oxygen atoms in total. The SMILES string of the molecule is Cc1ccc(-n2cc(C)ccc2=O)c(C)c1.Cc1ccc(=O)n(-c2cccc(C)c2C)c1. The Labute approximate surface area is 189 Å². The van der Waals surface area contributed by atoms with Gasteiger partial charge >= 0.3 is 0 Å². The van der Waals surface area contributed by atoms with Crippen molar-refractivity contribution < 1.29 is 0 Å². The Morgan fingerprint density at radius 1 is 0.531 bits per heavy atom. The van der Waals surface area contributed by atoms with Gasteiger partial charge in [-0.05, 0) is 81.5 Å². The van der Waals surface area contributed by atoms with Gasteiger partial charge in [0.2, 0.25) is 0 Å². The smallest absolute Gasteiger partial charge is 0.255 e. The van der Waals surface area contributed by atoms with Crippen molar-refractivity contribution in [1.82, 2.24) is 9.13 Å². The molecule has 0 aliphatic heterocycles. The summed E-state index contributed by atoms with van der Waals surface area (Å²) in [5.41, 5.74) is 8.79. The molecule has 4 rings (SSSR count). The molecular weight excluding hydrogens is 396 g/mol. The fourth-order valence-corrected chi connectivity index (χ4v) is 3.64. The summed E-state index contributed by atoms with van der Waals surface area (Å²) >= 11 is 0. The summed E-state index contributed by atoms with van der Waals surface area (Å²) in [5, 5.41) is 0. The summed E-state index contributed by atoms with van der Waals surface area (Å²) in [6, 6.07) is 19.0. The van der Waals surface area contributed by atoms with Crippen LogP contribution in [0.3, 0.4) is 0 Å². The number of aromatic nitrogens is 2. The van der Waals surface area contributed by atoms with Crippen molar-refractivity contribution in [3.63, 3.8) is 0 Å². The maximum absolute atomic E-state index is 11.8. The van der Waals surface area contributed by atoms with Gasteiger partial charge in [-0.3, -0.25) is 18.7 Å². The van der Waals surface area contributed by atoms with Crippen LogP contribution in [0.4, 0.5) is 0 Å². The third-order valence-electron chi connectivity index (χ3n) is 5.57. The van der Waals surface area contributed by atoms with Crippen LogP contribution in [0.15, 0.2) is 82.6 Å². The molecule has 32 heavy (non-hydrogen) atoms. The number of hydrogen-bond donors (Lipinski definition) is 0. The molecule has 0 aliphatic carbocycles. The highest BCUT2D eigenvalue weighted by molar-refractivity contribution is 5.45. The van der Waals surface area contributed by atoms with Gasteiger partial charge in [0.05, 0.1) is 11.4 Å². The maximum Gasteiger partial charge on any atom is 0.255 e. The maximum atomic E-state index is 11.8. The van der Waals surface area contributed by atoms with Crippen LogP contribution in [0.5, 0.6) is 0 Å². The number of nitrogens with zero attached hydrogens (tertiary/aromatic N) is 2. The summed E-state index contributed by atoms with van der Waals surface area (Å²) in [5.74, 6) is 0. The molecule has 2 aromatic heterocycles. The van der Waals surface area contributed by atoms with Crippen LogP contribution in [0.25, 0.3) is 11.4 Å². The van der Waals surface area contributed by atoms with E-state index in [4.69, 9.17) is 0 Å². The van der Waals surface area contributed by atoms with Gasteiger partial charge in [-0.1, -0.05) is 42.0 Å². The molecule has 164 valence electrons. The highest BCUT2D eigenvalue weighted by atomic mass is 16.1. The summed E-state index contributed by atoms with van der Waals surface area (Å²) in [7, 11) is 0. The summed E-state index contributed by atoms with van der Waals surface area (Å²) in [4.78, 5) is 23.6. The van der Waals surface area contributed by atoms with Gasteiger partial charge in [-0.25, -0.2) is 0 Å². The standard InChI is InChI=1S/2C14H15NO/c1-10-4-6-13(12(3)8-10)15-9-11(2)5-7-14(15)16;1-10-7-8-14(16)15(9-10)13-6-4-5-11(2)12(13)3/h2*4-9H,1-3H3. The van der Waals surface area contributed by atoms with Gasteiger partial charge in [0.25, 0.3) is 11.1 Å². The zero-order chi connectivity index (χ0) is 23.4. The average Bonchev–Trinajstić information content (AvgIpc) is 2.74. The monoisotopic (exact) mass is 426 g/mol. The molecule has 4 aromatic rings. The molecule has 0 atom stereocenters. The first-order chi connectivity index (χ1) is 15.2. The lowest BCUT2D eigenvalue weighted by Gasteiger charge is -2.11. The first-order valence-electron chi connectivity index (χ1n) is 10.7. The molecule has 0 N–H and O–H groups in total. The Bertz CT molecular complexity index is 1380. The molecule has 2 aromatic carbocycles. The highest BCUT2D eigenvalue weighted by Crippen LogP contribution is 2.16. The molecule has 0 bridgehead atoms. The van der Waals surface area contributed by atoms with Crippen LogP contribution < -0.4 is 11.1 Å². The Morgan fingerprint density at radius 3 is 1.62 bits per heavy atom. The molecule has 4 heteroatoms. The summed E-state index contributed by atoms with van der Waals surface area (Å²) in [6.07, 6.45) is 3.75. The number of hydrogen-bond acceptors (Lipinski definition) is 2. The third kappa shape index (κ3) is 5.14. The zero-order valence-corrected chi connectivity index (χ0v) is 19.6. The minimum atomic E-state index is 0.0116. The predicted molar refractivity (Wildman–Crippen MR) is 132 cm³/mol. The van der Waals surface area contributed by atoms with Crippen molar-refractivity contribution in [2.24, 2.45) is 0 Å². The van der Waals surface area contributed by atoms with E-state index in [2.05, 4.69) is 26.0 Å². The number of aryl methyl sites for hydroxylation is 5. The summed E-state index contributed by atoms with van der Waals surface area (Å²) in [6.45, 7) is 12.1. The van der Waals surface area contributed by atoms with Crippen molar-refractivity contribution in [2.45, 2.75) is 41.5 Å². The van der Waals surface area contributed by atoms with E-state index in [0.29, 0.717) is 0 Å². The van der Waals surface area contributed by atoms with E-state index in [1.54, 1.807) is 21.3 Å². The van der Waals surface area contributed by atoms with Gasteiger partial charge in [0.15, 0.2) is 0 Å². The molecule has 0 unspecified atom stereocenters. The molecule has 0 saturated carbocycles. The Balaban J connectivity index is 0.000000181. The normalized spacial score (nSPS) is 10.4. The zero-order valence-electron chi connectivity index (χ0n) is 19.6. The fourth-order valence-electron chi connectivity index (χ4n) is 3.64. The molecule has 0 aliphatic rings. The van der Waals surface area contributed by atoms with Crippen LogP contribution in [0.1, 0.15) is 33.4 Å². The molecule has 0 spiro atoms. The number of pyridine rings is 2. The average molecular weight is 427 g/mol. The number of benzene rings is 2. The van der Waals surface area contributed by atoms with Crippen molar-refractivity contribution in [1.29, 1.82) is 0 Å². The molecular formula is C28H30N2O2. The topological polar surface area (TPSA) is 44.0 Å². The first kappa shape index (κ1) is 23.0. The molecule has 0 saturated heterocycles. The first-order valence-corrected chi connectivity index (χ1v) is 10.7. The second kappa shape index (κ2) is 9.65. The summed E-state index contributed by atoms with van der Waals surface area (Å²) < 4.78 is 3.40. The van der Waals surface area contributed by atoms with E-state index < -0.39 is 0 Å². The molecule has 0 fully saturated rings. The lowest BCUT2D eigenvalue weighted by atomic mass is 10.1. The van der Waals surface area contributed by atoms with Gasteiger partial charge < -0.3 is 0 Å². The lowest BCUT2D eigenvalue weighted by Crippen LogP contribution is -2.17. The second-order valence-corrected chi connectivity index (χ2v) is 8.34. The van der Waals surface area contributed by atoms with Crippen LogP contribution >= 0.6 is 0 Å². The Hall–Kier alpha value is -3.66. The van der Waals surface area contributed by atoms with Crippen molar-refractivity contribution >= 4 is 0 Å². The Kier molecular flexibility index (Phi) is 6.94. The van der Waals surface area contributed by atoms with Gasteiger partial charge in [0.1, 0.15) is 0 Å².